The molecule has 1 atom stereocenters. The fraction of sp³-hybridized carbons (Fsp3) is 0.409. The second-order valence-electron chi connectivity index (χ2n) is 7.10. The van der Waals surface area contributed by atoms with E-state index in [0.29, 0.717) is 6.42 Å². The van der Waals surface area contributed by atoms with Gasteiger partial charge in [-0.15, -0.1) is 0 Å². The van der Waals surface area contributed by atoms with Gasteiger partial charge in [0.2, 0.25) is 5.91 Å². The first-order chi connectivity index (χ1) is 12.1. The maximum absolute atomic E-state index is 12.9. The highest BCUT2D eigenvalue weighted by Crippen LogP contribution is 2.23. The monoisotopic (exact) mass is 336 g/mol. The number of hydrogen-bond donors (Lipinski definition) is 0. The van der Waals surface area contributed by atoms with Crippen LogP contribution in [0.3, 0.4) is 0 Å². The summed E-state index contributed by atoms with van der Waals surface area (Å²) in [7, 11) is 1.95. The summed E-state index contributed by atoms with van der Waals surface area (Å²) in [5.74, 6) is 0.178. The van der Waals surface area contributed by atoms with Gasteiger partial charge in [-0.25, -0.2) is 0 Å². The molecule has 1 amide bonds. The minimum absolute atomic E-state index is 0.109. The number of amides is 1. The molecule has 25 heavy (non-hydrogen) atoms. The first-order valence-electron chi connectivity index (χ1n) is 9.22. The van der Waals surface area contributed by atoms with Crippen LogP contribution in [0.5, 0.6) is 0 Å². The SMILES string of the molecule is Cc1ccc(CC(=O)N(C)[C@H](CN2CCCC2)c2ccccc2)cc1. The Bertz CT molecular complexity index is 675. The molecule has 1 heterocycles. The van der Waals surface area contributed by atoms with E-state index in [4.69, 9.17) is 0 Å². The third kappa shape index (κ3) is 4.70. The molecule has 0 bridgehead atoms. The summed E-state index contributed by atoms with van der Waals surface area (Å²) >= 11 is 0. The minimum Gasteiger partial charge on any atom is -0.337 e. The highest BCUT2D eigenvalue weighted by Gasteiger charge is 2.25. The van der Waals surface area contributed by atoms with Gasteiger partial charge in [-0.1, -0.05) is 60.2 Å². The van der Waals surface area contributed by atoms with E-state index in [2.05, 4.69) is 60.4 Å². The average molecular weight is 336 g/mol. The number of hydrogen-bond acceptors (Lipinski definition) is 2. The average Bonchev–Trinajstić information content (AvgIpc) is 3.15. The lowest BCUT2D eigenvalue weighted by atomic mass is 10.0. The zero-order chi connectivity index (χ0) is 17.6. The highest BCUT2D eigenvalue weighted by molar-refractivity contribution is 5.79. The van der Waals surface area contributed by atoms with Crippen molar-refractivity contribution in [1.29, 1.82) is 0 Å². The number of likely N-dealkylation sites (tertiary alicyclic amines) is 1. The minimum atomic E-state index is 0.109. The van der Waals surface area contributed by atoms with Crippen molar-refractivity contribution in [3.05, 3.63) is 71.3 Å². The Morgan fingerprint density at radius 1 is 1.04 bits per heavy atom. The van der Waals surface area contributed by atoms with Crippen LogP contribution in [0.2, 0.25) is 0 Å². The van der Waals surface area contributed by atoms with E-state index in [1.807, 2.05) is 18.0 Å². The molecular weight excluding hydrogens is 308 g/mol. The third-order valence-corrected chi connectivity index (χ3v) is 5.15. The van der Waals surface area contributed by atoms with Crippen molar-refractivity contribution in [2.45, 2.75) is 32.2 Å². The molecule has 3 rings (SSSR count). The predicted molar refractivity (Wildman–Crippen MR) is 103 cm³/mol. The number of nitrogens with zero attached hydrogens (tertiary/aromatic N) is 2. The van der Waals surface area contributed by atoms with E-state index in [9.17, 15) is 4.79 Å². The van der Waals surface area contributed by atoms with Crippen LogP contribution < -0.4 is 0 Å². The van der Waals surface area contributed by atoms with Gasteiger partial charge in [-0.05, 0) is 44.0 Å². The molecule has 2 aromatic rings. The van der Waals surface area contributed by atoms with Crippen LogP contribution in [-0.2, 0) is 11.2 Å². The first kappa shape index (κ1) is 17.7. The highest BCUT2D eigenvalue weighted by atomic mass is 16.2. The van der Waals surface area contributed by atoms with E-state index >= 15 is 0 Å². The van der Waals surface area contributed by atoms with Crippen molar-refractivity contribution in [1.82, 2.24) is 9.80 Å². The number of carbonyl (C=O) groups is 1. The van der Waals surface area contributed by atoms with Crippen LogP contribution in [0.1, 0.15) is 35.6 Å². The van der Waals surface area contributed by atoms with Crippen molar-refractivity contribution in [3.8, 4) is 0 Å². The molecule has 0 unspecified atom stereocenters. The van der Waals surface area contributed by atoms with Gasteiger partial charge in [-0.3, -0.25) is 4.79 Å². The lowest BCUT2D eigenvalue weighted by molar-refractivity contribution is -0.131. The molecule has 2 aromatic carbocycles. The third-order valence-electron chi connectivity index (χ3n) is 5.15. The standard InChI is InChI=1S/C22H28N2O/c1-18-10-12-19(13-11-18)16-22(25)23(2)21(17-24-14-6-7-15-24)20-8-4-3-5-9-20/h3-5,8-13,21H,6-7,14-17H2,1-2H3/t21-/m1/s1. The lowest BCUT2D eigenvalue weighted by Crippen LogP contribution is -2.39. The van der Waals surface area contributed by atoms with Crippen molar-refractivity contribution < 1.29 is 4.79 Å². The number of aryl methyl sites for hydroxylation is 1. The molecule has 1 saturated heterocycles. The Labute approximate surface area is 151 Å². The fourth-order valence-corrected chi connectivity index (χ4v) is 3.52. The Morgan fingerprint density at radius 2 is 1.68 bits per heavy atom. The molecule has 0 spiro atoms. The zero-order valence-electron chi connectivity index (χ0n) is 15.3. The van der Waals surface area contributed by atoms with Gasteiger partial charge in [-0.2, -0.15) is 0 Å². The summed E-state index contributed by atoms with van der Waals surface area (Å²) in [6.07, 6.45) is 2.99. The number of rotatable bonds is 6. The second-order valence-corrected chi connectivity index (χ2v) is 7.10. The van der Waals surface area contributed by atoms with Gasteiger partial charge < -0.3 is 9.80 Å². The maximum Gasteiger partial charge on any atom is 0.227 e. The summed E-state index contributed by atoms with van der Waals surface area (Å²) in [6, 6.07) is 18.8. The van der Waals surface area contributed by atoms with Gasteiger partial charge in [0.1, 0.15) is 0 Å². The largest absolute Gasteiger partial charge is 0.337 e. The van der Waals surface area contributed by atoms with E-state index in [0.717, 1.165) is 25.2 Å². The van der Waals surface area contributed by atoms with E-state index in [1.165, 1.54) is 24.0 Å². The Kier molecular flexibility index (Phi) is 5.87. The van der Waals surface area contributed by atoms with Gasteiger partial charge in [0, 0.05) is 13.6 Å². The fourth-order valence-electron chi connectivity index (χ4n) is 3.52. The van der Waals surface area contributed by atoms with Gasteiger partial charge in [0.25, 0.3) is 0 Å². The molecule has 1 aliphatic heterocycles. The lowest BCUT2D eigenvalue weighted by Gasteiger charge is -2.32. The van der Waals surface area contributed by atoms with E-state index in [1.54, 1.807) is 0 Å². The summed E-state index contributed by atoms with van der Waals surface area (Å²) in [4.78, 5) is 17.3. The molecule has 1 aliphatic rings. The summed E-state index contributed by atoms with van der Waals surface area (Å²) in [5, 5.41) is 0. The van der Waals surface area contributed by atoms with Crippen molar-refractivity contribution in [3.63, 3.8) is 0 Å². The van der Waals surface area contributed by atoms with Crippen molar-refractivity contribution in [2.75, 3.05) is 26.7 Å². The van der Waals surface area contributed by atoms with Crippen molar-refractivity contribution in [2.24, 2.45) is 0 Å². The van der Waals surface area contributed by atoms with Crippen LogP contribution in [-0.4, -0.2) is 42.4 Å². The van der Waals surface area contributed by atoms with E-state index < -0.39 is 0 Å². The van der Waals surface area contributed by atoms with Crippen LogP contribution >= 0.6 is 0 Å². The molecular formula is C22H28N2O. The van der Waals surface area contributed by atoms with E-state index in [-0.39, 0.29) is 11.9 Å². The molecule has 0 saturated carbocycles. The van der Waals surface area contributed by atoms with Gasteiger partial charge in [0.05, 0.1) is 12.5 Å². The number of carbonyl (C=O) groups excluding carboxylic acids is 1. The summed E-state index contributed by atoms with van der Waals surface area (Å²) < 4.78 is 0. The Hall–Kier alpha value is -2.13. The second kappa shape index (κ2) is 8.30. The van der Waals surface area contributed by atoms with Gasteiger partial charge >= 0.3 is 0 Å². The van der Waals surface area contributed by atoms with Gasteiger partial charge in [0.15, 0.2) is 0 Å². The van der Waals surface area contributed by atoms with Crippen LogP contribution in [0.15, 0.2) is 54.6 Å². The first-order valence-corrected chi connectivity index (χ1v) is 9.22. The molecule has 1 fully saturated rings. The molecule has 0 aromatic heterocycles. The molecule has 3 nitrogen and oxygen atoms in total. The summed E-state index contributed by atoms with van der Waals surface area (Å²) in [5.41, 5.74) is 3.52. The topological polar surface area (TPSA) is 23.6 Å². The van der Waals surface area contributed by atoms with Crippen LogP contribution in [0.25, 0.3) is 0 Å². The molecule has 132 valence electrons. The maximum atomic E-state index is 12.9. The summed E-state index contributed by atoms with van der Waals surface area (Å²) in [6.45, 7) is 5.27. The smallest absolute Gasteiger partial charge is 0.227 e. The predicted octanol–water partition coefficient (Wildman–Crippen LogP) is 3.83. The van der Waals surface area contributed by atoms with Crippen molar-refractivity contribution >= 4 is 5.91 Å². The number of benzene rings is 2. The Morgan fingerprint density at radius 3 is 2.32 bits per heavy atom. The molecule has 0 radical (unpaired) electrons. The molecule has 3 heteroatoms. The molecule has 0 aliphatic carbocycles. The normalized spacial score (nSPS) is 15.9. The van der Waals surface area contributed by atoms with Crippen LogP contribution in [0.4, 0.5) is 0 Å². The molecule has 0 N–H and O–H groups in total. The Balaban J connectivity index is 1.74. The zero-order valence-corrected chi connectivity index (χ0v) is 15.3. The van der Waals surface area contributed by atoms with Crippen LogP contribution in [0, 0.1) is 6.92 Å². The number of likely N-dealkylation sites (N-methyl/N-ethyl adjacent to an activating group) is 1. The quantitative estimate of drug-likeness (QED) is 0.800.